The number of pyridine rings is 1. The van der Waals surface area contributed by atoms with Crippen LogP contribution in [0.2, 0.25) is 0 Å². The number of aromatic nitrogens is 1. The molecule has 1 fully saturated rings. The maximum atomic E-state index is 11.6. The zero-order chi connectivity index (χ0) is 16.2. The summed E-state index contributed by atoms with van der Waals surface area (Å²) in [5, 5.41) is 0. The molecule has 0 saturated carbocycles. The molecule has 120 valence electrons. The summed E-state index contributed by atoms with van der Waals surface area (Å²) in [6.45, 7) is 3.27. The van der Waals surface area contributed by atoms with Crippen molar-refractivity contribution in [2.75, 3.05) is 20.2 Å². The van der Waals surface area contributed by atoms with Crippen molar-refractivity contribution in [1.82, 2.24) is 9.88 Å². The molecule has 0 N–H and O–H groups in total. The predicted octanol–water partition coefficient (Wildman–Crippen LogP) is 3.48. The van der Waals surface area contributed by atoms with Crippen molar-refractivity contribution in [3.05, 3.63) is 48.2 Å². The lowest BCUT2D eigenvalue weighted by molar-refractivity contribution is -0.130. The molecule has 1 atom stereocenters. The Morgan fingerprint density at radius 2 is 2.09 bits per heavy atom. The van der Waals surface area contributed by atoms with Gasteiger partial charge in [-0.25, -0.2) is 0 Å². The van der Waals surface area contributed by atoms with Gasteiger partial charge in [-0.1, -0.05) is 18.2 Å². The number of amides is 1. The molecule has 1 amide bonds. The summed E-state index contributed by atoms with van der Waals surface area (Å²) in [5.41, 5.74) is 3.06. The van der Waals surface area contributed by atoms with Gasteiger partial charge in [0.1, 0.15) is 5.75 Å². The highest BCUT2D eigenvalue weighted by atomic mass is 16.5. The van der Waals surface area contributed by atoms with Crippen molar-refractivity contribution >= 4 is 5.91 Å². The lowest BCUT2D eigenvalue weighted by atomic mass is 9.94. The molecule has 1 aliphatic rings. The molecule has 1 aromatic heterocycles. The van der Waals surface area contributed by atoms with Gasteiger partial charge >= 0.3 is 0 Å². The van der Waals surface area contributed by atoms with E-state index in [-0.39, 0.29) is 5.91 Å². The summed E-state index contributed by atoms with van der Waals surface area (Å²) >= 11 is 0. The van der Waals surface area contributed by atoms with Crippen LogP contribution in [0.1, 0.15) is 31.4 Å². The summed E-state index contributed by atoms with van der Waals surface area (Å²) in [6, 6.07) is 14.1. The van der Waals surface area contributed by atoms with E-state index in [2.05, 4.69) is 6.07 Å². The lowest BCUT2D eigenvalue weighted by Gasteiger charge is -2.31. The molecule has 1 aromatic carbocycles. The van der Waals surface area contributed by atoms with Gasteiger partial charge in [0.2, 0.25) is 5.91 Å². The van der Waals surface area contributed by atoms with Gasteiger partial charge in [0.05, 0.1) is 12.8 Å². The minimum Gasteiger partial charge on any atom is -0.497 e. The monoisotopic (exact) mass is 310 g/mol. The molecule has 1 unspecified atom stereocenters. The average molecular weight is 310 g/mol. The largest absolute Gasteiger partial charge is 0.497 e. The Bertz CT molecular complexity index is 699. The van der Waals surface area contributed by atoms with Gasteiger partial charge in [0.15, 0.2) is 0 Å². The van der Waals surface area contributed by atoms with Gasteiger partial charge in [-0.05, 0) is 37.1 Å². The third kappa shape index (κ3) is 3.52. The number of carbonyl (C=O) groups excluding carboxylic acids is 1. The first-order chi connectivity index (χ1) is 11.2. The molecular formula is C19H22N2O2. The van der Waals surface area contributed by atoms with Crippen molar-refractivity contribution in [1.29, 1.82) is 0 Å². The fraction of sp³-hybridized carbons (Fsp3) is 0.368. The first kappa shape index (κ1) is 15.5. The summed E-state index contributed by atoms with van der Waals surface area (Å²) < 4.78 is 5.29. The highest BCUT2D eigenvalue weighted by molar-refractivity contribution is 5.73. The van der Waals surface area contributed by atoms with E-state index in [4.69, 9.17) is 9.72 Å². The molecule has 0 spiro atoms. The van der Waals surface area contributed by atoms with Crippen LogP contribution in [0.15, 0.2) is 42.5 Å². The first-order valence-corrected chi connectivity index (χ1v) is 8.04. The number of nitrogens with zero attached hydrogens (tertiary/aromatic N) is 2. The summed E-state index contributed by atoms with van der Waals surface area (Å²) in [5.74, 6) is 1.30. The molecule has 0 bridgehead atoms. The van der Waals surface area contributed by atoms with E-state index in [0.29, 0.717) is 5.92 Å². The van der Waals surface area contributed by atoms with Crippen molar-refractivity contribution < 1.29 is 9.53 Å². The number of methoxy groups -OCH3 is 1. The SMILES string of the molecule is COc1cccc(-c2cccc(C3CCCN(C(C)=O)C3)n2)c1. The molecule has 1 aliphatic heterocycles. The Balaban J connectivity index is 1.86. The molecule has 2 aromatic rings. The highest BCUT2D eigenvalue weighted by Crippen LogP contribution is 2.28. The van der Waals surface area contributed by atoms with Crippen molar-refractivity contribution in [2.45, 2.75) is 25.7 Å². The fourth-order valence-corrected chi connectivity index (χ4v) is 3.13. The number of hydrogen-bond acceptors (Lipinski definition) is 3. The van der Waals surface area contributed by atoms with Crippen LogP contribution in [0.3, 0.4) is 0 Å². The zero-order valence-electron chi connectivity index (χ0n) is 13.7. The van der Waals surface area contributed by atoms with Crippen LogP contribution in [-0.2, 0) is 4.79 Å². The van der Waals surface area contributed by atoms with Gasteiger partial charge < -0.3 is 9.64 Å². The molecule has 3 rings (SSSR count). The molecular weight excluding hydrogens is 288 g/mol. The van der Waals surface area contributed by atoms with E-state index in [0.717, 1.165) is 48.6 Å². The van der Waals surface area contributed by atoms with Crippen LogP contribution >= 0.6 is 0 Å². The molecule has 4 heteroatoms. The second-order valence-corrected chi connectivity index (χ2v) is 5.98. The van der Waals surface area contributed by atoms with E-state index in [1.54, 1.807) is 14.0 Å². The van der Waals surface area contributed by atoms with E-state index in [9.17, 15) is 4.79 Å². The van der Waals surface area contributed by atoms with Gasteiger partial charge in [-0.3, -0.25) is 9.78 Å². The van der Waals surface area contributed by atoms with E-state index in [1.807, 2.05) is 41.3 Å². The van der Waals surface area contributed by atoms with Gasteiger partial charge in [-0.15, -0.1) is 0 Å². The number of hydrogen-bond donors (Lipinski definition) is 0. The Morgan fingerprint density at radius 3 is 2.87 bits per heavy atom. The normalized spacial score (nSPS) is 17.8. The molecule has 0 radical (unpaired) electrons. The second-order valence-electron chi connectivity index (χ2n) is 5.98. The van der Waals surface area contributed by atoms with Gasteiger partial charge in [0, 0.05) is 37.2 Å². The zero-order valence-corrected chi connectivity index (χ0v) is 13.7. The Hall–Kier alpha value is -2.36. The molecule has 23 heavy (non-hydrogen) atoms. The number of rotatable bonds is 3. The lowest BCUT2D eigenvalue weighted by Crippen LogP contribution is -2.37. The standard InChI is InChI=1S/C19H22N2O2/c1-14(22)21-11-5-7-16(13-21)19-10-4-9-18(20-19)15-6-3-8-17(12-15)23-2/h3-4,6,8-10,12,16H,5,7,11,13H2,1-2H3. The number of benzene rings is 1. The molecule has 4 nitrogen and oxygen atoms in total. The van der Waals surface area contributed by atoms with Crippen LogP contribution in [-0.4, -0.2) is 36.0 Å². The van der Waals surface area contributed by atoms with Crippen molar-refractivity contribution in [3.8, 4) is 17.0 Å². The molecule has 0 aliphatic carbocycles. The number of carbonyl (C=O) groups is 1. The maximum Gasteiger partial charge on any atom is 0.219 e. The second kappa shape index (κ2) is 6.82. The fourth-order valence-electron chi connectivity index (χ4n) is 3.13. The van der Waals surface area contributed by atoms with Gasteiger partial charge in [-0.2, -0.15) is 0 Å². The summed E-state index contributed by atoms with van der Waals surface area (Å²) in [7, 11) is 1.67. The third-order valence-electron chi connectivity index (χ3n) is 4.42. The maximum absolute atomic E-state index is 11.6. The molecule has 2 heterocycles. The van der Waals surface area contributed by atoms with Crippen LogP contribution < -0.4 is 4.74 Å². The van der Waals surface area contributed by atoms with Crippen LogP contribution in [0.25, 0.3) is 11.3 Å². The topological polar surface area (TPSA) is 42.4 Å². The van der Waals surface area contributed by atoms with E-state index in [1.165, 1.54) is 0 Å². The van der Waals surface area contributed by atoms with Crippen LogP contribution in [0.4, 0.5) is 0 Å². The number of ether oxygens (including phenoxy) is 1. The first-order valence-electron chi connectivity index (χ1n) is 8.04. The Labute approximate surface area is 137 Å². The Morgan fingerprint density at radius 1 is 1.26 bits per heavy atom. The minimum absolute atomic E-state index is 0.152. The summed E-state index contributed by atoms with van der Waals surface area (Å²) in [4.78, 5) is 18.4. The quantitative estimate of drug-likeness (QED) is 0.871. The van der Waals surface area contributed by atoms with Gasteiger partial charge in [0.25, 0.3) is 0 Å². The summed E-state index contributed by atoms with van der Waals surface area (Å²) in [6.07, 6.45) is 2.12. The predicted molar refractivity (Wildman–Crippen MR) is 90.5 cm³/mol. The third-order valence-corrected chi connectivity index (χ3v) is 4.42. The van der Waals surface area contributed by atoms with E-state index < -0.39 is 0 Å². The smallest absolute Gasteiger partial charge is 0.219 e. The number of likely N-dealkylation sites (tertiary alicyclic amines) is 1. The average Bonchev–Trinajstić information content (AvgIpc) is 2.62. The van der Waals surface area contributed by atoms with Crippen molar-refractivity contribution in [2.24, 2.45) is 0 Å². The highest BCUT2D eigenvalue weighted by Gasteiger charge is 2.23. The molecule has 1 saturated heterocycles. The van der Waals surface area contributed by atoms with Crippen LogP contribution in [0, 0.1) is 0 Å². The number of piperidine rings is 1. The van der Waals surface area contributed by atoms with Crippen molar-refractivity contribution in [3.63, 3.8) is 0 Å². The minimum atomic E-state index is 0.152. The Kier molecular flexibility index (Phi) is 4.60. The van der Waals surface area contributed by atoms with E-state index >= 15 is 0 Å². The van der Waals surface area contributed by atoms with Crippen LogP contribution in [0.5, 0.6) is 5.75 Å².